The number of benzene rings is 2. The number of carboxylic acids is 1. The summed E-state index contributed by atoms with van der Waals surface area (Å²) in [5.41, 5.74) is 2.19. The molecule has 7 nitrogen and oxygen atoms in total. The normalized spacial score (nSPS) is 10.5. The van der Waals surface area contributed by atoms with E-state index in [1.165, 1.54) is 12.1 Å². The van der Waals surface area contributed by atoms with Crippen molar-refractivity contribution in [1.82, 2.24) is 10.2 Å². The minimum Gasteiger partial charge on any atom is -0.496 e. The van der Waals surface area contributed by atoms with Crippen LogP contribution in [-0.4, -0.2) is 35.5 Å². The number of aromatic carboxylic acids is 1. The van der Waals surface area contributed by atoms with Crippen molar-refractivity contribution in [2.75, 3.05) is 14.2 Å². The first-order chi connectivity index (χ1) is 12.0. The fourth-order valence-corrected chi connectivity index (χ4v) is 2.45. The van der Waals surface area contributed by atoms with E-state index in [9.17, 15) is 4.79 Å². The van der Waals surface area contributed by atoms with Gasteiger partial charge in [-0.15, -0.1) is 10.2 Å². The van der Waals surface area contributed by atoms with E-state index in [4.69, 9.17) is 19.0 Å². The second-order valence-corrected chi connectivity index (χ2v) is 5.30. The SMILES string of the molecule is COc1cc(-c2nnc(-c3cccc(C(=O)O)c3)o2)cc(OC)c1C. The number of carbonyl (C=O) groups is 1. The predicted molar refractivity (Wildman–Crippen MR) is 90.0 cm³/mol. The molecule has 1 heterocycles. The highest BCUT2D eigenvalue weighted by molar-refractivity contribution is 5.89. The summed E-state index contributed by atoms with van der Waals surface area (Å²) in [7, 11) is 3.14. The molecule has 0 aliphatic rings. The summed E-state index contributed by atoms with van der Waals surface area (Å²) in [6.45, 7) is 1.89. The molecule has 7 heteroatoms. The van der Waals surface area contributed by atoms with Gasteiger partial charge in [0.2, 0.25) is 11.8 Å². The first-order valence-electron chi connectivity index (χ1n) is 7.43. The van der Waals surface area contributed by atoms with Crippen LogP contribution < -0.4 is 9.47 Å². The van der Waals surface area contributed by atoms with Crippen LogP contribution in [0.3, 0.4) is 0 Å². The third-order valence-electron chi connectivity index (χ3n) is 3.78. The smallest absolute Gasteiger partial charge is 0.335 e. The summed E-state index contributed by atoms with van der Waals surface area (Å²) in [6, 6.07) is 9.88. The lowest BCUT2D eigenvalue weighted by molar-refractivity contribution is 0.0697. The van der Waals surface area contributed by atoms with Crippen LogP contribution in [0.15, 0.2) is 40.8 Å². The van der Waals surface area contributed by atoms with Crippen molar-refractivity contribution in [3.63, 3.8) is 0 Å². The van der Waals surface area contributed by atoms with Gasteiger partial charge in [-0.25, -0.2) is 4.79 Å². The van der Waals surface area contributed by atoms with Crippen molar-refractivity contribution in [3.05, 3.63) is 47.5 Å². The molecule has 0 aliphatic carbocycles. The molecule has 0 bridgehead atoms. The van der Waals surface area contributed by atoms with Gasteiger partial charge in [0.05, 0.1) is 19.8 Å². The topological polar surface area (TPSA) is 94.7 Å². The van der Waals surface area contributed by atoms with Gasteiger partial charge < -0.3 is 19.0 Å². The molecule has 0 atom stereocenters. The summed E-state index contributed by atoms with van der Waals surface area (Å²) in [4.78, 5) is 11.1. The molecule has 3 rings (SSSR count). The molecular weight excluding hydrogens is 324 g/mol. The molecule has 25 heavy (non-hydrogen) atoms. The molecule has 0 spiro atoms. The number of hydrogen-bond acceptors (Lipinski definition) is 6. The molecule has 1 N–H and O–H groups in total. The quantitative estimate of drug-likeness (QED) is 0.760. The Morgan fingerprint density at radius 3 is 2.16 bits per heavy atom. The highest BCUT2D eigenvalue weighted by atomic mass is 16.5. The number of ether oxygens (including phenoxy) is 2. The summed E-state index contributed by atoms with van der Waals surface area (Å²) < 4.78 is 16.4. The number of nitrogens with zero attached hydrogens (tertiary/aromatic N) is 2. The van der Waals surface area contributed by atoms with E-state index in [1.54, 1.807) is 38.5 Å². The molecule has 0 unspecified atom stereocenters. The Kier molecular flexibility index (Phi) is 4.38. The van der Waals surface area contributed by atoms with Gasteiger partial charge in [-0.05, 0) is 37.3 Å². The first kappa shape index (κ1) is 16.5. The van der Waals surface area contributed by atoms with Crippen molar-refractivity contribution in [2.45, 2.75) is 6.92 Å². The average molecular weight is 340 g/mol. The molecule has 0 amide bonds. The van der Waals surface area contributed by atoms with Gasteiger partial charge in [0, 0.05) is 16.7 Å². The highest BCUT2D eigenvalue weighted by Crippen LogP contribution is 2.34. The average Bonchev–Trinajstić information content (AvgIpc) is 3.12. The van der Waals surface area contributed by atoms with Gasteiger partial charge >= 0.3 is 5.97 Å². The predicted octanol–water partition coefficient (Wildman–Crippen LogP) is 3.43. The second-order valence-electron chi connectivity index (χ2n) is 5.30. The van der Waals surface area contributed by atoms with Crippen LogP contribution >= 0.6 is 0 Å². The van der Waals surface area contributed by atoms with Gasteiger partial charge in [0.25, 0.3) is 0 Å². The lowest BCUT2D eigenvalue weighted by atomic mass is 10.1. The van der Waals surface area contributed by atoms with Crippen LogP contribution in [0, 0.1) is 6.92 Å². The van der Waals surface area contributed by atoms with Crippen LogP contribution in [0.1, 0.15) is 15.9 Å². The molecule has 0 radical (unpaired) electrons. The van der Waals surface area contributed by atoms with Gasteiger partial charge in [-0.3, -0.25) is 0 Å². The molecule has 3 aromatic rings. The molecule has 0 saturated heterocycles. The van der Waals surface area contributed by atoms with E-state index in [1.807, 2.05) is 6.92 Å². The van der Waals surface area contributed by atoms with Crippen molar-refractivity contribution in [1.29, 1.82) is 0 Å². The molecule has 0 saturated carbocycles. The van der Waals surface area contributed by atoms with Crippen LogP contribution in [-0.2, 0) is 0 Å². The molecule has 0 aliphatic heterocycles. The van der Waals surface area contributed by atoms with Crippen LogP contribution in [0.25, 0.3) is 22.9 Å². The first-order valence-corrected chi connectivity index (χ1v) is 7.43. The van der Waals surface area contributed by atoms with E-state index >= 15 is 0 Å². The maximum Gasteiger partial charge on any atom is 0.335 e. The lowest BCUT2D eigenvalue weighted by Crippen LogP contribution is -1.95. The standard InChI is InChI=1S/C18H16N2O5/c1-10-14(23-2)8-13(9-15(10)24-3)17-20-19-16(25-17)11-5-4-6-12(7-11)18(21)22/h4-9H,1-3H3,(H,21,22). The van der Waals surface area contributed by atoms with E-state index in [0.29, 0.717) is 22.6 Å². The minimum atomic E-state index is -1.02. The van der Waals surface area contributed by atoms with Gasteiger partial charge in [-0.1, -0.05) is 6.07 Å². The molecule has 0 fully saturated rings. The fourth-order valence-electron chi connectivity index (χ4n) is 2.45. The third-order valence-corrected chi connectivity index (χ3v) is 3.78. The lowest BCUT2D eigenvalue weighted by Gasteiger charge is -2.10. The van der Waals surface area contributed by atoms with Gasteiger partial charge in [-0.2, -0.15) is 0 Å². The molecule has 2 aromatic carbocycles. The fraction of sp³-hybridized carbons (Fsp3) is 0.167. The number of carboxylic acid groups (broad SMARTS) is 1. The molecule has 1 aromatic heterocycles. The minimum absolute atomic E-state index is 0.149. The Labute approximate surface area is 143 Å². The largest absolute Gasteiger partial charge is 0.496 e. The summed E-state index contributed by atoms with van der Waals surface area (Å²) in [5.74, 6) is 0.780. The molecular formula is C18H16N2O5. The zero-order chi connectivity index (χ0) is 18.0. The second kappa shape index (κ2) is 6.64. The van der Waals surface area contributed by atoms with E-state index < -0.39 is 5.97 Å². The number of methoxy groups -OCH3 is 2. The van der Waals surface area contributed by atoms with E-state index in [2.05, 4.69) is 10.2 Å². The number of hydrogen-bond donors (Lipinski definition) is 1. The van der Waals surface area contributed by atoms with Crippen molar-refractivity contribution >= 4 is 5.97 Å². The van der Waals surface area contributed by atoms with Crippen molar-refractivity contribution in [2.24, 2.45) is 0 Å². The Hall–Kier alpha value is -3.35. The molecule has 128 valence electrons. The van der Waals surface area contributed by atoms with Crippen molar-refractivity contribution in [3.8, 4) is 34.4 Å². The van der Waals surface area contributed by atoms with Crippen molar-refractivity contribution < 1.29 is 23.8 Å². The Morgan fingerprint density at radius 2 is 1.60 bits per heavy atom. The van der Waals surface area contributed by atoms with E-state index in [0.717, 1.165) is 5.56 Å². The van der Waals surface area contributed by atoms with Gasteiger partial charge in [0.15, 0.2) is 0 Å². The highest BCUT2D eigenvalue weighted by Gasteiger charge is 2.16. The number of rotatable bonds is 5. The zero-order valence-corrected chi connectivity index (χ0v) is 13.9. The zero-order valence-electron chi connectivity index (χ0n) is 13.9. The summed E-state index contributed by atoms with van der Waals surface area (Å²) >= 11 is 0. The third kappa shape index (κ3) is 3.16. The van der Waals surface area contributed by atoms with Gasteiger partial charge in [0.1, 0.15) is 11.5 Å². The maximum atomic E-state index is 11.1. The Bertz CT molecular complexity index is 908. The maximum absolute atomic E-state index is 11.1. The van der Waals surface area contributed by atoms with Crippen LogP contribution in [0.4, 0.5) is 0 Å². The monoisotopic (exact) mass is 340 g/mol. The van der Waals surface area contributed by atoms with Crippen LogP contribution in [0.5, 0.6) is 11.5 Å². The van der Waals surface area contributed by atoms with E-state index in [-0.39, 0.29) is 17.3 Å². The Balaban J connectivity index is 2.02. The van der Waals surface area contributed by atoms with Crippen LogP contribution in [0.2, 0.25) is 0 Å². The Morgan fingerprint density at radius 1 is 1.00 bits per heavy atom. The summed E-state index contributed by atoms with van der Waals surface area (Å²) in [6.07, 6.45) is 0. The summed E-state index contributed by atoms with van der Waals surface area (Å²) in [5, 5.41) is 17.1. The number of aromatic nitrogens is 2.